The molecule has 5 unspecified atom stereocenters. The molecule has 3 heterocycles. The summed E-state index contributed by atoms with van der Waals surface area (Å²) in [7, 11) is -2.41. The van der Waals surface area contributed by atoms with Gasteiger partial charge in [0.15, 0.2) is 11.9 Å². The second kappa shape index (κ2) is 13.6. The number of amides is 1. The van der Waals surface area contributed by atoms with Crippen molar-refractivity contribution in [2.45, 2.75) is 55.7 Å². The van der Waals surface area contributed by atoms with Gasteiger partial charge in [-0.1, -0.05) is 44.2 Å². The van der Waals surface area contributed by atoms with E-state index in [1.807, 2.05) is 44.2 Å². The molecule has 2 aliphatic heterocycles. The number of benzene rings is 2. The van der Waals surface area contributed by atoms with Gasteiger partial charge >= 0.3 is 6.09 Å². The normalized spacial score (nSPS) is 22.0. The summed E-state index contributed by atoms with van der Waals surface area (Å²) in [5.74, 6) is -0.0436. The maximum atomic E-state index is 13.9. The van der Waals surface area contributed by atoms with E-state index in [0.29, 0.717) is 24.3 Å². The van der Waals surface area contributed by atoms with E-state index in [4.69, 9.17) is 18.6 Å². The smallest absolute Gasteiger partial charge is 0.407 e. The molecule has 5 rings (SSSR count). The highest BCUT2D eigenvalue weighted by Gasteiger charge is 2.42. The minimum absolute atomic E-state index is 0.0108. The van der Waals surface area contributed by atoms with Crippen LogP contribution in [0.2, 0.25) is 0 Å². The van der Waals surface area contributed by atoms with Crippen LogP contribution in [-0.2, 0) is 30.7 Å². The third-order valence-corrected chi connectivity index (χ3v) is 9.21. The van der Waals surface area contributed by atoms with E-state index < -0.39 is 40.7 Å². The Balaban J connectivity index is 1.34. The summed E-state index contributed by atoms with van der Waals surface area (Å²) in [6, 6.07) is 12.9. The lowest BCUT2D eigenvalue weighted by atomic mass is 10.0. The van der Waals surface area contributed by atoms with E-state index in [9.17, 15) is 18.3 Å². The second-order valence-corrected chi connectivity index (χ2v) is 13.1. The van der Waals surface area contributed by atoms with E-state index in [1.54, 1.807) is 13.1 Å². The highest BCUT2D eigenvalue weighted by Crippen LogP contribution is 2.26. The van der Waals surface area contributed by atoms with Gasteiger partial charge in [0.05, 0.1) is 36.3 Å². The summed E-state index contributed by atoms with van der Waals surface area (Å²) in [5.41, 5.74) is 1.68. The number of anilines is 1. The van der Waals surface area contributed by atoms with Crippen LogP contribution in [-0.4, -0.2) is 99.4 Å². The van der Waals surface area contributed by atoms with Crippen LogP contribution < -0.4 is 16.0 Å². The molecule has 1 aromatic heterocycles. The quantitative estimate of drug-likeness (QED) is 0.235. The summed E-state index contributed by atoms with van der Waals surface area (Å²) in [6.45, 7) is 4.96. The lowest BCUT2D eigenvalue weighted by molar-refractivity contribution is -0.137. The number of aliphatic hydroxyl groups is 1. The predicted molar refractivity (Wildman–Crippen MR) is 158 cm³/mol. The fourth-order valence-corrected chi connectivity index (χ4v) is 6.91. The number of oxazole rings is 1. The molecule has 13 nitrogen and oxygen atoms in total. The number of hydrogen-bond donors (Lipinski definition) is 4. The Bertz CT molecular complexity index is 1480. The molecule has 5 atom stereocenters. The molecule has 3 aromatic rings. The van der Waals surface area contributed by atoms with Crippen LogP contribution in [0.15, 0.2) is 57.8 Å². The minimum atomic E-state index is -4.06. The maximum Gasteiger partial charge on any atom is 0.407 e. The molecular weight excluding hydrogens is 578 g/mol. The number of aromatic nitrogens is 1. The Morgan fingerprint density at radius 2 is 1.98 bits per heavy atom. The number of carbonyl (C=O) groups excluding carboxylic acids is 1. The number of sulfonamides is 1. The highest BCUT2D eigenvalue weighted by atomic mass is 32.2. The Kier molecular flexibility index (Phi) is 9.84. The van der Waals surface area contributed by atoms with Crippen LogP contribution in [0.1, 0.15) is 19.4 Å². The first kappa shape index (κ1) is 31.2. The molecule has 0 saturated carbocycles. The van der Waals surface area contributed by atoms with Gasteiger partial charge in [0.25, 0.3) is 6.01 Å². The van der Waals surface area contributed by atoms with Gasteiger partial charge in [0, 0.05) is 32.7 Å². The van der Waals surface area contributed by atoms with Gasteiger partial charge < -0.3 is 39.7 Å². The monoisotopic (exact) mass is 617 g/mol. The molecule has 43 heavy (non-hydrogen) atoms. The van der Waals surface area contributed by atoms with Gasteiger partial charge in [-0.3, -0.25) is 0 Å². The fourth-order valence-electron chi connectivity index (χ4n) is 5.27. The topological polar surface area (TPSA) is 164 Å². The SMILES string of the molecule is CNc1nc2ccc(S(=O)(=O)N(CC(C)C)CC(O)C(Cc3ccccc3)NC(=O)OC3COC4OCCNC34)cc2o1. The van der Waals surface area contributed by atoms with Crippen LogP contribution in [0.3, 0.4) is 0 Å². The van der Waals surface area contributed by atoms with Crippen LogP contribution in [0.25, 0.3) is 11.1 Å². The molecule has 1 amide bonds. The first-order valence-corrected chi connectivity index (χ1v) is 15.8. The first-order chi connectivity index (χ1) is 20.6. The average molecular weight is 618 g/mol. The number of nitrogens with one attached hydrogen (secondary N) is 3. The predicted octanol–water partition coefficient (Wildman–Crippen LogP) is 1.93. The summed E-state index contributed by atoms with van der Waals surface area (Å²) in [6.07, 6.45) is -2.83. The van der Waals surface area contributed by atoms with Gasteiger partial charge in [-0.05, 0) is 30.0 Å². The molecule has 14 heteroatoms. The van der Waals surface area contributed by atoms with Crippen molar-refractivity contribution in [3.63, 3.8) is 0 Å². The molecule has 234 valence electrons. The standard InChI is InChI=1S/C29H39N5O8S/c1-18(2)15-34(43(37,38)20-9-10-21-24(14-20)41-28(30-3)32-21)16-23(35)22(13-19-7-5-4-6-8-19)33-29(36)42-25-17-40-27-26(25)31-11-12-39-27/h4-10,14,18,22-23,25-27,31,35H,11-13,15-17H2,1-3H3,(H,30,32)(H,33,36). The molecule has 0 bridgehead atoms. The number of fused-ring (bicyclic) bond motifs is 2. The van der Waals surface area contributed by atoms with Gasteiger partial charge in [0.2, 0.25) is 10.0 Å². The summed E-state index contributed by atoms with van der Waals surface area (Å²) >= 11 is 0. The number of morpholine rings is 1. The van der Waals surface area contributed by atoms with Crippen molar-refractivity contribution in [3.8, 4) is 0 Å². The first-order valence-electron chi connectivity index (χ1n) is 14.4. The van der Waals surface area contributed by atoms with Crippen LogP contribution >= 0.6 is 0 Å². The van der Waals surface area contributed by atoms with Gasteiger partial charge in [-0.25, -0.2) is 13.2 Å². The zero-order valence-electron chi connectivity index (χ0n) is 24.4. The molecule has 0 radical (unpaired) electrons. The van der Waals surface area contributed by atoms with Crippen LogP contribution in [0.5, 0.6) is 0 Å². The molecular formula is C29H39N5O8S. The number of rotatable bonds is 12. The minimum Gasteiger partial charge on any atom is -0.442 e. The van der Waals surface area contributed by atoms with E-state index >= 15 is 0 Å². The molecule has 0 aliphatic carbocycles. The van der Waals surface area contributed by atoms with Crippen molar-refractivity contribution in [2.24, 2.45) is 5.92 Å². The summed E-state index contributed by atoms with van der Waals surface area (Å²) < 4.78 is 51.4. The van der Waals surface area contributed by atoms with Gasteiger partial charge in [-0.2, -0.15) is 9.29 Å². The summed E-state index contributed by atoms with van der Waals surface area (Å²) in [4.78, 5) is 17.3. The number of hydrogen-bond acceptors (Lipinski definition) is 11. The van der Waals surface area contributed by atoms with E-state index in [2.05, 4.69) is 20.9 Å². The van der Waals surface area contributed by atoms with Crippen molar-refractivity contribution >= 4 is 33.2 Å². The molecule has 4 N–H and O–H groups in total. The lowest BCUT2D eigenvalue weighted by Gasteiger charge is -2.31. The van der Waals surface area contributed by atoms with Crippen molar-refractivity contribution in [1.29, 1.82) is 0 Å². The largest absolute Gasteiger partial charge is 0.442 e. The number of ether oxygens (including phenoxy) is 3. The van der Waals surface area contributed by atoms with Crippen molar-refractivity contribution in [2.75, 3.05) is 45.2 Å². The Hall–Kier alpha value is -3.27. The third kappa shape index (κ3) is 7.45. The Morgan fingerprint density at radius 1 is 1.19 bits per heavy atom. The molecule has 2 aliphatic rings. The molecule has 0 spiro atoms. The number of aliphatic hydroxyl groups excluding tert-OH is 1. The number of carbonyl (C=O) groups is 1. The van der Waals surface area contributed by atoms with E-state index in [0.717, 1.165) is 5.56 Å². The molecule has 2 aromatic carbocycles. The van der Waals surface area contributed by atoms with Gasteiger partial charge in [0.1, 0.15) is 11.6 Å². The van der Waals surface area contributed by atoms with Gasteiger partial charge in [-0.15, -0.1) is 0 Å². The van der Waals surface area contributed by atoms with Crippen molar-refractivity contribution < 1.29 is 36.9 Å². The van der Waals surface area contributed by atoms with Crippen LogP contribution in [0.4, 0.5) is 10.8 Å². The zero-order valence-corrected chi connectivity index (χ0v) is 25.2. The van der Waals surface area contributed by atoms with E-state index in [1.165, 1.54) is 16.4 Å². The van der Waals surface area contributed by atoms with Crippen molar-refractivity contribution in [1.82, 2.24) is 19.9 Å². The number of alkyl carbamates (subject to hydrolysis) is 1. The third-order valence-electron chi connectivity index (χ3n) is 7.38. The zero-order chi connectivity index (χ0) is 30.6. The van der Waals surface area contributed by atoms with Crippen molar-refractivity contribution in [3.05, 3.63) is 54.1 Å². The molecule has 2 saturated heterocycles. The maximum absolute atomic E-state index is 13.9. The van der Waals surface area contributed by atoms with Crippen LogP contribution in [0, 0.1) is 5.92 Å². The van der Waals surface area contributed by atoms with E-state index in [-0.39, 0.29) is 49.0 Å². The number of nitrogens with zero attached hydrogens (tertiary/aromatic N) is 2. The Labute approximate surface area is 250 Å². The Morgan fingerprint density at radius 3 is 2.72 bits per heavy atom. The highest BCUT2D eigenvalue weighted by molar-refractivity contribution is 7.89. The lowest BCUT2D eigenvalue weighted by Crippen LogP contribution is -2.54. The molecule has 2 fully saturated rings. The summed E-state index contributed by atoms with van der Waals surface area (Å²) in [5, 5.41) is 20.3. The average Bonchev–Trinajstić information content (AvgIpc) is 3.60. The second-order valence-electron chi connectivity index (χ2n) is 11.1. The fraction of sp³-hybridized carbons (Fsp3) is 0.517.